The molecule has 0 spiro atoms. The predicted octanol–water partition coefficient (Wildman–Crippen LogP) is 3.16. The van der Waals surface area contributed by atoms with Gasteiger partial charge in [-0.25, -0.2) is 8.42 Å². The van der Waals surface area contributed by atoms with E-state index >= 15 is 0 Å². The lowest BCUT2D eigenvalue weighted by Gasteiger charge is -2.28. The molecule has 0 aliphatic rings. The average Bonchev–Trinajstić information content (AvgIpc) is 2.54. The summed E-state index contributed by atoms with van der Waals surface area (Å²) in [6.45, 7) is 5.31. The first kappa shape index (κ1) is 20.5. The Bertz CT molecular complexity index is 956. The van der Waals surface area contributed by atoms with Crippen LogP contribution in [0.3, 0.4) is 0 Å². The third-order valence-corrected chi connectivity index (χ3v) is 5.30. The zero-order valence-electron chi connectivity index (χ0n) is 15.9. The van der Waals surface area contributed by atoms with Gasteiger partial charge in [0, 0.05) is 5.69 Å². The number of amides is 1. The molecular formula is C20H23N3O3S. The number of anilines is 2. The summed E-state index contributed by atoms with van der Waals surface area (Å²) in [7, 11) is -3.67. The van der Waals surface area contributed by atoms with Gasteiger partial charge in [0.15, 0.2) is 0 Å². The number of nitrogens with zero attached hydrogens (tertiary/aromatic N) is 2. The Morgan fingerprint density at radius 3 is 2.19 bits per heavy atom. The van der Waals surface area contributed by atoms with Crippen molar-refractivity contribution in [3.8, 4) is 6.07 Å². The summed E-state index contributed by atoms with van der Waals surface area (Å²) in [5, 5.41) is 11.4. The molecule has 0 aliphatic carbocycles. The van der Waals surface area contributed by atoms with E-state index in [4.69, 9.17) is 5.26 Å². The van der Waals surface area contributed by atoms with E-state index in [-0.39, 0.29) is 0 Å². The van der Waals surface area contributed by atoms with Gasteiger partial charge >= 0.3 is 0 Å². The quantitative estimate of drug-likeness (QED) is 0.827. The topological polar surface area (TPSA) is 90.3 Å². The van der Waals surface area contributed by atoms with Gasteiger partial charge in [0.25, 0.3) is 0 Å². The Labute approximate surface area is 160 Å². The number of carbonyl (C=O) groups excluding carboxylic acids is 1. The van der Waals surface area contributed by atoms with Crippen LogP contribution in [0.4, 0.5) is 11.4 Å². The first-order valence-corrected chi connectivity index (χ1v) is 10.3. The van der Waals surface area contributed by atoms with Crippen molar-refractivity contribution in [1.29, 1.82) is 5.26 Å². The molecule has 6 nitrogen and oxygen atoms in total. The molecule has 7 heteroatoms. The number of nitrogens with one attached hydrogen (secondary N) is 1. The lowest BCUT2D eigenvalue weighted by molar-refractivity contribution is -0.116. The Kier molecular flexibility index (Phi) is 6.24. The number of hydrogen-bond donors (Lipinski definition) is 1. The van der Waals surface area contributed by atoms with E-state index in [2.05, 4.69) is 11.4 Å². The maximum absolute atomic E-state index is 12.7. The molecule has 2 aromatic carbocycles. The van der Waals surface area contributed by atoms with Crippen LogP contribution < -0.4 is 9.62 Å². The highest BCUT2D eigenvalue weighted by Crippen LogP contribution is 2.24. The maximum Gasteiger partial charge on any atom is 0.247 e. The highest BCUT2D eigenvalue weighted by atomic mass is 32.2. The Morgan fingerprint density at radius 1 is 1.15 bits per heavy atom. The van der Waals surface area contributed by atoms with E-state index < -0.39 is 22.0 Å². The Morgan fingerprint density at radius 2 is 1.70 bits per heavy atom. The summed E-state index contributed by atoms with van der Waals surface area (Å²) in [6, 6.07) is 13.5. The van der Waals surface area contributed by atoms with Crippen molar-refractivity contribution in [3.05, 3.63) is 59.2 Å². The van der Waals surface area contributed by atoms with Gasteiger partial charge in [-0.1, -0.05) is 18.2 Å². The monoisotopic (exact) mass is 385 g/mol. The lowest BCUT2D eigenvalue weighted by atomic mass is 10.1. The number of sulfonamides is 1. The van der Waals surface area contributed by atoms with E-state index in [9.17, 15) is 13.2 Å². The molecular weight excluding hydrogens is 362 g/mol. The standard InChI is InChI=1S/C20H23N3O3S/c1-14-11-15(2)13-19(12-14)23(27(4,25)26)16(3)20(24)22-18-7-5-17(6-8-18)9-10-21/h5-8,11-13,16H,9H2,1-4H3,(H,22,24)/t16-/m1/s1. The van der Waals surface area contributed by atoms with Gasteiger partial charge < -0.3 is 5.32 Å². The van der Waals surface area contributed by atoms with Gasteiger partial charge in [-0.15, -0.1) is 0 Å². The van der Waals surface area contributed by atoms with Gasteiger partial charge in [-0.2, -0.15) is 5.26 Å². The molecule has 0 bridgehead atoms. The van der Waals surface area contributed by atoms with Crippen LogP contribution in [0, 0.1) is 25.2 Å². The van der Waals surface area contributed by atoms with Crippen molar-refractivity contribution in [2.24, 2.45) is 0 Å². The van der Waals surface area contributed by atoms with Gasteiger partial charge in [0.2, 0.25) is 15.9 Å². The summed E-state index contributed by atoms with van der Waals surface area (Å²) in [5.41, 5.74) is 3.68. The van der Waals surface area contributed by atoms with Crippen molar-refractivity contribution < 1.29 is 13.2 Å². The van der Waals surface area contributed by atoms with Crippen LogP contribution in [0.15, 0.2) is 42.5 Å². The number of aryl methyl sites for hydroxylation is 2. The van der Waals surface area contributed by atoms with Crippen molar-refractivity contribution >= 4 is 27.3 Å². The minimum Gasteiger partial charge on any atom is -0.324 e. The summed E-state index contributed by atoms with van der Waals surface area (Å²) >= 11 is 0. The molecule has 0 saturated heterocycles. The first-order chi connectivity index (χ1) is 12.6. The predicted molar refractivity (Wildman–Crippen MR) is 107 cm³/mol. The molecule has 0 fully saturated rings. The van der Waals surface area contributed by atoms with Crippen molar-refractivity contribution in [2.75, 3.05) is 15.9 Å². The highest BCUT2D eigenvalue weighted by molar-refractivity contribution is 7.92. The van der Waals surface area contributed by atoms with Gasteiger partial charge in [-0.05, 0) is 61.7 Å². The smallest absolute Gasteiger partial charge is 0.247 e. The van der Waals surface area contributed by atoms with Gasteiger partial charge in [0.05, 0.1) is 24.4 Å². The molecule has 0 aromatic heterocycles. The minimum absolute atomic E-state index is 0.291. The van der Waals surface area contributed by atoms with Crippen LogP contribution in [0.25, 0.3) is 0 Å². The minimum atomic E-state index is -3.67. The molecule has 1 N–H and O–H groups in total. The molecule has 2 aromatic rings. The summed E-state index contributed by atoms with van der Waals surface area (Å²) in [4.78, 5) is 12.7. The highest BCUT2D eigenvalue weighted by Gasteiger charge is 2.29. The number of benzene rings is 2. The largest absolute Gasteiger partial charge is 0.324 e. The molecule has 0 aliphatic heterocycles. The third-order valence-electron chi connectivity index (χ3n) is 4.05. The second-order valence-electron chi connectivity index (χ2n) is 6.60. The maximum atomic E-state index is 12.7. The number of carbonyl (C=O) groups is 1. The fourth-order valence-corrected chi connectivity index (χ4v) is 4.09. The van der Waals surface area contributed by atoms with Crippen LogP contribution >= 0.6 is 0 Å². The van der Waals surface area contributed by atoms with E-state index in [1.807, 2.05) is 19.9 Å². The molecule has 2 rings (SSSR count). The number of nitriles is 1. The normalized spacial score (nSPS) is 12.1. The fraction of sp³-hybridized carbons (Fsp3) is 0.300. The van der Waals surface area contributed by atoms with Crippen molar-refractivity contribution in [2.45, 2.75) is 33.2 Å². The van der Waals surface area contributed by atoms with Crippen molar-refractivity contribution in [3.63, 3.8) is 0 Å². The summed E-state index contributed by atoms with van der Waals surface area (Å²) in [6.07, 6.45) is 1.38. The molecule has 27 heavy (non-hydrogen) atoms. The van der Waals surface area contributed by atoms with E-state index in [1.54, 1.807) is 43.3 Å². The number of hydrogen-bond acceptors (Lipinski definition) is 4. The molecule has 0 heterocycles. The van der Waals surface area contributed by atoms with Gasteiger partial charge in [0.1, 0.15) is 6.04 Å². The van der Waals surface area contributed by atoms with E-state index in [0.717, 1.165) is 27.3 Å². The molecule has 142 valence electrons. The van der Waals surface area contributed by atoms with Gasteiger partial charge in [-0.3, -0.25) is 9.10 Å². The van der Waals surface area contributed by atoms with Crippen LogP contribution in [0.2, 0.25) is 0 Å². The van der Waals surface area contributed by atoms with Crippen LogP contribution in [-0.2, 0) is 21.2 Å². The molecule has 1 atom stereocenters. The second-order valence-corrected chi connectivity index (χ2v) is 8.46. The summed E-state index contributed by atoms with van der Waals surface area (Å²) in [5.74, 6) is -0.437. The SMILES string of the molecule is Cc1cc(C)cc(N([C@H](C)C(=O)Nc2ccc(CC#N)cc2)S(C)(=O)=O)c1. The lowest BCUT2D eigenvalue weighted by Crippen LogP contribution is -2.45. The number of rotatable bonds is 6. The molecule has 0 unspecified atom stereocenters. The Hall–Kier alpha value is -2.85. The first-order valence-electron chi connectivity index (χ1n) is 8.46. The van der Waals surface area contributed by atoms with E-state index in [1.165, 1.54) is 0 Å². The van der Waals surface area contributed by atoms with Crippen LogP contribution in [-0.4, -0.2) is 26.6 Å². The molecule has 0 saturated carbocycles. The third kappa shape index (κ3) is 5.31. The zero-order valence-corrected chi connectivity index (χ0v) is 16.7. The van der Waals surface area contributed by atoms with Crippen molar-refractivity contribution in [1.82, 2.24) is 0 Å². The zero-order chi connectivity index (χ0) is 20.2. The Balaban J connectivity index is 2.28. The van der Waals surface area contributed by atoms with Crippen LogP contribution in [0.1, 0.15) is 23.6 Å². The fourth-order valence-electron chi connectivity index (χ4n) is 2.93. The average molecular weight is 385 g/mol. The molecule has 1 amide bonds. The molecule has 0 radical (unpaired) electrons. The second kappa shape index (κ2) is 8.23. The van der Waals surface area contributed by atoms with Crippen LogP contribution in [0.5, 0.6) is 0 Å². The van der Waals surface area contributed by atoms with E-state index in [0.29, 0.717) is 17.8 Å². The summed E-state index contributed by atoms with van der Waals surface area (Å²) < 4.78 is 25.9.